The lowest BCUT2D eigenvalue weighted by Gasteiger charge is -2.09. The van der Waals surface area contributed by atoms with Crippen molar-refractivity contribution in [1.82, 2.24) is 5.32 Å². The average molecular weight is 233 g/mol. The van der Waals surface area contributed by atoms with Crippen molar-refractivity contribution in [2.75, 3.05) is 13.7 Å². The van der Waals surface area contributed by atoms with Crippen molar-refractivity contribution in [2.45, 2.75) is 31.4 Å². The van der Waals surface area contributed by atoms with Crippen molar-refractivity contribution >= 4 is 5.78 Å². The summed E-state index contributed by atoms with van der Waals surface area (Å²) in [7, 11) is 1.70. The zero-order valence-corrected chi connectivity index (χ0v) is 10.2. The summed E-state index contributed by atoms with van der Waals surface area (Å²) >= 11 is 0. The summed E-state index contributed by atoms with van der Waals surface area (Å²) in [6.45, 7) is 0.790. The molecular formula is C14H19NO2. The summed E-state index contributed by atoms with van der Waals surface area (Å²) in [6.07, 6.45) is 2.44. The fourth-order valence-electron chi connectivity index (χ4n) is 2.21. The summed E-state index contributed by atoms with van der Waals surface area (Å²) in [5.41, 5.74) is 1.22. The fraction of sp³-hybridized carbons (Fsp3) is 0.500. The first kappa shape index (κ1) is 12.3. The largest absolute Gasteiger partial charge is 0.380 e. The number of rotatable bonds is 5. The van der Waals surface area contributed by atoms with Crippen LogP contribution in [0.2, 0.25) is 0 Å². The third-order valence-electron chi connectivity index (χ3n) is 3.32. The number of Topliss-reactive ketones (excluding diaryl/α,β-unsaturated/α-hetero) is 1. The van der Waals surface area contributed by atoms with E-state index in [0.29, 0.717) is 12.2 Å². The van der Waals surface area contributed by atoms with Gasteiger partial charge in [-0.3, -0.25) is 4.79 Å². The molecule has 0 amide bonds. The number of methoxy groups -OCH3 is 1. The molecule has 0 aliphatic carbocycles. The minimum absolute atomic E-state index is 0.0105. The molecule has 1 aromatic rings. The molecule has 3 heteroatoms. The molecule has 2 rings (SSSR count). The summed E-state index contributed by atoms with van der Waals surface area (Å²) in [5.74, 6) is 0.299. The standard InChI is InChI=1S/C14H19NO2/c1-17-12-9-13(15-10-12)14(16)8-7-11-5-3-2-4-6-11/h2-6,12-13,15H,7-10H2,1H3. The van der Waals surface area contributed by atoms with E-state index in [1.54, 1.807) is 7.11 Å². The first-order chi connectivity index (χ1) is 8.29. The molecule has 3 nitrogen and oxygen atoms in total. The molecule has 0 aromatic heterocycles. The summed E-state index contributed by atoms with van der Waals surface area (Å²) in [4.78, 5) is 12.0. The Morgan fingerprint density at radius 2 is 2.18 bits per heavy atom. The summed E-state index contributed by atoms with van der Waals surface area (Å²) < 4.78 is 5.24. The van der Waals surface area contributed by atoms with E-state index in [2.05, 4.69) is 17.4 Å². The molecule has 1 saturated heterocycles. The number of aryl methyl sites for hydroxylation is 1. The van der Waals surface area contributed by atoms with Gasteiger partial charge in [-0.2, -0.15) is 0 Å². The van der Waals surface area contributed by atoms with Gasteiger partial charge < -0.3 is 10.1 Å². The molecule has 1 heterocycles. The molecule has 0 radical (unpaired) electrons. The Morgan fingerprint density at radius 1 is 1.41 bits per heavy atom. The van der Waals surface area contributed by atoms with Crippen molar-refractivity contribution in [1.29, 1.82) is 0 Å². The van der Waals surface area contributed by atoms with Crippen LogP contribution in [0.1, 0.15) is 18.4 Å². The number of benzene rings is 1. The van der Waals surface area contributed by atoms with Gasteiger partial charge in [-0.25, -0.2) is 0 Å². The Balaban J connectivity index is 1.78. The van der Waals surface area contributed by atoms with Crippen molar-refractivity contribution in [2.24, 2.45) is 0 Å². The topological polar surface area (TPSA) is 38.3 Å². The van der Waals surface area contributed by atoms with E-state index in [4.69, 9.17) is 4.74 Å². The van der Waals surface area contributed by atoms with E-state index >= 15 is 0 Å². The first-order valence-corrected chi connectivity index (χ1v) is 6.12. The molecule has 17 heavy (non-hydrogen) atoms. The SMILES string of the molecule is COC1CNC(C(=O)CCc2ccccc2)C1. The van der Waals surface area contributed by atoms with Crippen LogP contribution in [0.25, 0.3) is 0 Å². The van der Waals surface area contributed by atoms with Crippen LogP contribution >= 0.6 is 0 Å². The predicted molar refractivity (Wildman–Crippen MR) is 67.0 cm³/mol. The van der Waals surface area contributed by atoms with Gasteiger partial charge in [0.1, 0.15) is 5.78 Å². The monoisotopic (exact) mass is 233 g/mol. The highest BCUT2D eigenvalue weighted by Gasteiger charge is 2.28. The molecule has 0 bridgehead atoms. The lowest BCUT2D eigenvalue weighted by molar-refractivity contribution is -0.120. The molecule has 1 aromatic carbocycles. The molecule has 1 aliphatic heterocycles. The molecule has 2 unspecified atom stereocenters. The Hall–Kier alpha value is -1.19. The normalized spacial score (nSPS) is 23.8. The zero-order chi connectivity index (χ0) is 12.1. The van der Waals surface area contributed by atoms with Gasteiger partial charge in [0.15, 0.2) is 0 Å². The maximum atomic E-state index is 12.0. The Labute approximate surface area is 102 Å². The third kappa shape index (κ3) is 3.38. The van der Waals surface area contributed by atoms with Crippen LogP contribution in [0.15, 0.2) is 30.3 Å². The minimum atomic E-state index is -0.0105. The number of ketones is 1. The molecule has 2 atom stereocenters. The van der Waals surface area contributed by atoms with Crippen LogP contribution in [0.3, 0.4) is 0 Å². The van der Waals surface area contributed by atoms with Crippen LogP contribution in [-0.2, 0) is 16.0 Å². The maximum absolute atomic E-state index is 12.0. The highest BCUT2D eigenvalue weighted by Crippen LogP contribution is 2.13. The number of carbonyl (C=O) groups is 1. The number of hydrogen-bond acceptors (Lipinski definition) is 3. The molecule has 0 spiro atoms. The third-order valence-corrected chi connectivity index (χ3v) is 3.32. The summed E-state index contributed by atoms with van der Waals surface area (Å²) in [6, 6.07) is 10.1. The lowest BCUT2D eigenvalue weighted by atomic mass is 10.0. The smallest absolute Gasteiger partial charge is 0.150 e. The van der Waals surface area contributed by atoms with Gasteiger partial charge in [0.2, 0.25) is 0 Å². The van der Waals surface area contributed by atoms with Crippen molar-refractivity contribution in [3.8, 4) is 0 Å². The Kier molecular flexibility index (Phi) is 4.29. The highest BCUT2D eigenvalue weighted by molar-refractivity contribution is 5.84. The van der Waals surface area contributed by atoms with E-state index in [1.165, 1.54) is 5.56 Å². The predicted octanol–water partition coefficient (Wildman–Crippen LogP) is 1.57. The van der Waals surface area contributed by atoms with Crippen molar-refractivity contribution < 1.29 is 9.53 Å². The minimum Gasteiger partial charge on any atom is -0.380 e. The lowest BCUT2D eigenvalue weighted by Crippen LogP contribution is -2.30. The van der Waals surface area contributed by atoms with Crippen LogP contribution in [-0.4, -0.2) is 31.6 Å². The van der Waals surface area contributed by atoms with Crippen molar-refractivity contribution in [3.05, 3.63) is 35.9 Å². The van der Waals surface area contributed by atoms with Crippen molar-refractivity contribution in [3.63, 3.8) is 0 Å². The second-order valence-corrected chi connectivity index (χ2v) is 4.51. The number of hydrogen-bond donors (Lipinski definition) is 1. The summed E-state index contributed by atoms with van der Waals surface area (Å²) in [5, 5.41) is 3.22. The van der Waals surface area contributed by atoms with Crippen LogP contribution in [0.5, 0.6) is 0 Å². The molecule has 1 fully saturated rings. The van der Waals surface area contributed by atoms with E-state index in [1.807, 2.05) is 18.2 Å². The fourth-order valence-corrected chi connectivity index (χ4v) is 2.21. The Morgan fingerprint density at radius 3 is 2.82 bits per heavy atom. The second kappa shape index (κ2) is 5.94. The van der Waals surface area contributed by atoms with E-state index < -0.39 is 0 Å². The number of ether oxygens (including phenoxy) is 1. The molecular weight excluding hydrogens is 214 g/mol. The number of nitrogens with one attached hydrogen (secondary N) is 1. The van der Waals surface area contributed by atoms with Gasteiger partial charge >= 0.3 is 0 Å². The van der Waals surface area contributed by atoms with Gasteiger partial charge in [-0.05, 0) is 18.4 Å². The van der Waals surface area contributed by atoms with Crippen LogP contribution in [0, 0.1) is 0 Å². The molecule has 0 saturated carbocycles. The second-order valence-electron chi connectivity index (χ2n) is 4.51. The van der Waals surface area contributed by atoms with Crippen LogP contribution in [0.4, 0.5) is 0 Å². The maximum Gasteiger partial charge on any atom is 0.150 e. The van der Waals surface area contributed by atoms with E-state index in [-0.39, 0.29) is 12.1 Å². The van der Waals surface area contributed by atoms with Gasteiger partial charge in [0.05, 0.1) is 12.1 Å². The number of carbonyl (C=O) groups excluding carboxylic acids is 1. The van der Waals surface area contributed by atoms with Gasteiger partial charge in [-0.1, -0.05) is 30.3 Å². The average Bonchev–Trinajstić information content (AvgIpc) is 2.86. The molecule has 1 N–H and O–H groups in total. The first-order valence-electron chi connectivity index (χ1n) is 6.12. The van der Waals surface area contributed by atoms with Gasteiger partial charge in [0.25, 0.3) is 0 Å². The Bertz CT molecular complexity index is 364. The van der Waals surface area contributed by atoms with Gasteiger partial charge in [0, 0.05) is 20.1 Å². The molecule has 1 aliphatic rings. The van der Waals surface area contributed by atoms with E-state index in [0.717, 1.165) is 19.4 Å². The molecule has 92 valence electrons. The van der Waals surface area contributed by atoms with Crippen LogP contribution < -0.4 is 5.32 Å². The van der Waals surface area contributed by atoms with E-state index in [9.17, 15) is 4.79 Å². The zero-order valence-electron chi connectivity index (χ0n) is 10.2. The quantitative estimate of drug-likeness (QED) is 0.839. The van der Waals surface area contributed by atoms with Gasteiger partial charge in [-0.15, -0.1) is 0 Å². The highest BCUT2D eigenvalue weighted by atomic mass is 16.5.